The zero-order valence-corrected chi connectivity index (χ0v) is 17.3. The summed E-state index contributed by atoms with van der Waals surface area (Å²) < 4.78 is 1.83. The Hall–Kier alpha value is -2.77. The zero-order chi connectivity index (χ0) is 20.5. The number of hydrogen-bond donors (Lipinski definition) is 0. The molecule has 0 spiro atoms. The van der Waals surface area contributed by atoms with E-state index in [1.165, 1.54) is 0 Å². The fraction of sp³-hybridized carbons (Fsp3) is 0.571. The van der Waals surface area contributed by atoms with Crippen molar-refractivity contribution in [2.24, 2.45) is 5.92 Å². The summed E-state index contributed by atoms with van der Waals surface area (Å²) in [5, 5.41) is 4.40. The number of rotatable bonds is 4. The fourth-order valence-corrected chi connectivity index (χ4v) is 4.27. The molecule has 2 aromatic rings. The van der Waals surface area contributed by atoms with E-state index in [2.05, 4.69) is 10.1 Å². The van der Waals surface area contributed by atoms with Gasteiger partial charge in [0.25, 0.3) is 0 Å². The topological polar surface area (TPSA) is 84.2 Å². The van der Waals surface area contributed by atoms with Crippen LogP contribution in [0.1, 0.15) is 55.5 Å². The first kappa shape index (κ1) is 19.5. The normalized spacial score (nSPS) is 19.9. The zero-order valence-electron chi connectivity index (χ0n) is 17.3. The molecule has 0 bridgehead atoms. The predicted molar refractivity (Wildman–Crippen MR) is 107 cm³/mol. The molecule has 4 heterocycles. The molecule has 0 aliphatic carbocycles. The molecule has 2 aromatic heterocycles. The molecule has 0 unspecified atom stereocenters. The number of amides is 2. The lowest BCUT2D eigenvalue weighted by atomic mass is 10.1. The van der Waals surface area contributed by atoms with Gasteiger partial charge in [0.15, 0.2) is 5.82 Å². The third-order valence-corrected chi connectivity index (χ3v) is 5.89. The van der Waals surface area contributed by atoms with Crippen molar-refractivity contribution in [3.05, 3.63) is 41.2 Å². The monoisotopic (exact) mass is 396 g/mol. The molecular weight excluding hydrogens is 368 g/mol. The van der Waals surface area contributed by atoms with E-state index in [0.717, 1.165) is 48.6 Å². The van der Waals surface area contributed by atoms with Crippen LogP contribution < -0.4 is 0 Å². The van der Waals surface area contributed by atoms with Crippen molar-refractivity contribution in [2.75, 3.05) is 13.1 Å². The standard InChI is InChI=1S/C21H28N6O2/c1-14(12-26-10-6-15(2)24-26)21(29)27-8-4-5-19(27)20-22-11-17-13-25(16(3)28)9-7-18(17)23-20/h6,10-11,14,19H,4-5,7-9,12-13H2,1-3H3/t14-,19-/m1/s1. The van der Waals surface area contributed by atoms with Gasteiger partial charge >= 0.3 is 0 Å². The van der Waals surface area contributed by atoms with Crippen molar-refractivity contribution in [2.45, 2.75) is 59.2 Å². The average Bonchev–Trinajstić information content (AvgIpc) is 3.35. The molecule has 1 saturated heterocycles. The lowest BCUT2D eigenvalue weighted by molar-refractivity contribution is -0.136. The summed E-state index contributed by atoms with van der Waals surface area (Å²) in [5.74, 6) is 0.781. The molecule has 0 N–H and O–H groups in total. The van der Waals surface area contributed by atoms with Gasteiger partial charge in [-0.05, 0) is 25.8 Å². The minimum atomic E-state index is -0.156. The first-order valence-electron chi connectivity index (χ1n) is 10.3. The van der Waals surface area contributed by atoms with Gasteiger partial charge in [-0.15, -0.1) is 0 Å². The minimum absolute atomic E-state index is 0.0690. The summed E-state index contributed by atoms with van der Waals surface area (Å²) in [6, 6.07) is 1.88. The second-order valence-electron chi connectivity index (χ2n) is 8.16. The maximum absolute atomic E-state index is 13.1. The number of likely N-dealkylation sites (tertiary alicyclic amines) is 1. The first-order valence-corrected chi connectivity index (χ1v) is 10.3. The molecule has 4 rings (SSSR count). The van der Waals surface area contributed by atoms with E-state index in [9.17, 15) is 9.59 Å². The van der Waals surface area contributed by atoms with Gasteiger partial charge in [-0.25, -0.2) is 9.97 Å². The molecule has 2 atom stereocenters. The van der Waals surface area contributed by atoms with Gasteiger partial charge in [-0.1, -0.05) is 6.92 Å². The number of aromatic nitrogens is 4. The van der Waals surface area contributed by atoms with E-state index in [1.54, 1.807) is 6.92 Å². The van der Waals surface area contributed by atoms with Crippen LogP contribution >= 0.6 is 0 Å². The van der Waals surface area contributed by atoms with Crippen LogP contribution in [0.15, 0.2) is 18.5 Å². The Morgan fingerprint density at radius 2 is 2.14 bits per heavy atom. The summed E-state index contributed by atoms with van der Waals surface area (Å²) in [6.45, 7) is 8.06. The summed E-state index contributed by atoms with van der Waals surface area (Å²) in [6.07, 6.45) is 6.33. The highest BCUT2D eigenvalue weighted by molar-refractivity contribution is 5.79. The summed E-state index contributed by atoms with van der Waals surface area (Å²) in [5.41, 5.74) is 2.97. The highest BCUT2D eigenvalue weighted by atomic mass is 16.2. The summed E-state index contributed by atoms with van der Waals surface area (Å²) >= 11 is 0. The number of aryl methyl sites for hydroxylation is 1. The molecule has 0 aromatic carbocycles. The van der Waals surface area contributed by atoms with E-state index < -0.39 is 0 Å². The lowest BCUT2D eigenvalue weighted by Crippen LogP contribution is -2.38. The Labute approximate surface area is 170 Å². The molecule has 1 fully saturated rings. The van der Waals surface area contributed by atoms with Crippen LogP contribution in [-0.4, -0.2) is 54.5 Å². The smallest absolute Gasteiger partial charge is 0.227 e. The predicted octanol–water partition coefficient (Wildman–Crippen LogP) is 1.89. The van der Waals surface area contributed by atoms with Gasteiger partial charge in [0.05, 0.1) is 29.9 Å². The highest BCUT2D eigenvalue weighted by Crippen LogP contribution is 2.32. The number of fused-ring (bicyclic) bond motifs is 1. The molecule has 2 aliphatic rings. The Bertz CT molecular complexity index is 924. The van der Waals surface area contributed by atoms with Crippen molar-refractivity contribution < 1.29 is 9.59 Å². The molecule has 2 amide bonds. The van der Waals surface area contributed by atoms with Crippen molar-refractivity contribution in [1.29, 1.82) is 0 Å². The molecule has 2 aliphatic heterocycles. The van der Waals surface area contributed by atoms with Crippen molar-refractivity contribution >= 4 is 11.8 Å². The highest BCUT2D eigenvalue weighted by Gasteiger charge is 2.35. The largest absolute Gasteiger partial charge is 0.338 e. The molecule has 0 radical (unpaired) electrons. The number of carbonyl (C=O) groups is 2. The average molecular weight is 396 g/mol. The molecule has 0 saturated carbocycles. The van der Waals surface area contributed by atoms with Crippen LogP contribution in [-0.2, 0) is 29.1 Å². The van der Waals surface area contributed by atoms with Crippen LogP contribution in [0.25, 0.3) is 0 Å². The fourth-order valence-electron chi connectivity index (χ4n) is 4.27. The first-order chi connectivity index (χ1) is 13.9. The van der Waals surface area contributed by atoms with Crippen LogP contribution in [0.4, 0.5) is 0 Å². The Morgan fingerprint density at radius 1 is 1.31 bits per heavy atom. The number of nitrogens with zero attached hydrogens (tertiary/aromatic N) is 6. The molecule has 8 nitrogen and oxygen atoms in total. The van der Waals surface area contributed by atoms with Gasteiger partial charge in [0.2, 0.25) is 11.8 Å². The quantitative estimate of drug-likeness (QED) is 0.788. The van der Waals surface area contributed by atoms with Gasteiger partial charge in [-0.2, -0.15) is 5.10 Å². The van der Waals surface area contributed by atoms with E-state index in [1.807, 2.05) is 46.8 Å². The number of hydrogen-bond acceptors (Lipinski definition) is 5. The Morgan fingerprint density at radius 3 is 2.86 bits per heavy atom. The molecule has 29 heavy (non-hydrogen) atoms. The SMILES string of the molecule is CC(=O)N1CCc2nc([C@H]3CCCN3C(=O)[C@H](C)Cn3ccc(C)n3)ncc2C1. The van der Waals surface area contributed by atoms with Crippen LogP contribution in [0.3, 0.4) is 0 Å². The molecular formula is C21H28N6O2. The van der Waals surface area contributed by atoms with E-state index in [-0.39, 0.29) is 23.8 Å². The van der Waals surface area contributed by atoms with Crippen molar-refractivity contribution in [1.82, 2.24) is 29.5 Å². The Kier molecular flexibility index (Phi) is 5.34. The van der Waals surface area contributed by atoms with E-state index in [4.69, 9.17) is 4.98 Å². The number of carbonyl (C=O) groups excluding carboxylic acids is 2. The molecule has 154 valence electrons. The van der Waals surface area contributed by atoms with Crippen LogP contribution in [0.5, 0.6) is 0 Å². The molecule has 8 heteroatoms. The summed E-state index contributed by atoms with van der Waals surface area (Å²) in [4.78, 5) is 37.9. The maximum Gasteiger partial charge on any atom is 0.227 e. The second-order valence-corrected chi connectivity index (χ2v) is 8.16. The van der Waals surface area contributed by atoms with Crippen molar-refractivity contribution in [3.8, 4) is 0 Å². The Balaban J connectivity index is 1.48. The van der Waals surface area contributed by atoms with Crippen LogP contribution in [0.2, 0.25) is 0 Å². The van der Waals surface area contributed by atoms with Crippen molar-refractivity contribution in [3.63, 3.8) is 0 Å². The third-order valence-electron chi connectivity index (χ3n) is 5.89. The van der Waals surface area contributed by atoms with Gasteiger partial charge in [-0.3, -0.25) is 14.3 Å². The second kappa shape index (κ2) is 7.93. The van der Waals surface area contributed by atoms with Gasteiger partial charge < -0.3 is 9.80 Å². The lowest BCUT2D eigenvalue weighted by Gasteiger charge is -2.29. The minimum Gasteiger partial charge on any atom is -0.338 e. The third kappa shape index (κ3) is 4.02. The van der Waals surface area contributed by atoms with E-state index >= 15 is 0 Å². The maximum atomic E-state index is 13.1. The summed E-state index contributed by atoms with van der Waals surface area (Å²) in [7, 11) is 0. The van der Waals surface area contributed by atoms with Gasteiger partial charge in [0, 0.05) is 50.9 Å². The van der Waals surface area contributed by atoms with Gasteiger partial charge in [0.1, 0.15) is 0 Å². The van der Waals surface area contributed by atoms with E-state index in [0.29, 0.717) is 19.6 Å². The van der Waals surface area contributed by atoms with Crippen LogP contribution in [0, 0.1) is 12.8 Å².